The first-order chi connectivity index (χ1) is 10.0. The molecule has 0 aliphatic heterocycles. The van der Waals surface area contributed by atoms with Crippen molar-refractivity contribution < 1.29 is 9.90 Å². The third-order valence-electron chi connectivity index (χ3n) is 3.26. The molecular formula is C15H20N4O2. The minimum atomic E-state index is -0.227. The van der Waals surface area contributed by atoms with E-state index in [1.807, 2.05) is 19.9 Å². The Labute approximate surface area is 123 Å². The molecule has 0 saturated heterocycles. The molecular weight excluding hydrogens is 268 g/mol. The minimum absolute atomic E-state index is 0.107. The van der Waals surface area contributed by atoms with Crippen LogP contribution in [0, 0.1) is 5.41 Å². The third kappa shape index (κ3) is 4.13. The molecule has 0 aliphatic carbocycles. The maximum absolute atomic E-state index is 12.2. The molecule has 0 saturated carbocycles. The molecule has 2 N–H and O–H groups in total. The first-order valence-electron chi connectivity index (χ1n) is 6.87. The second-order valence-corrected chi connectivity index (χ2v) is 5.67. The zero-order chi connectivity index (χ0) is 15.3. The van der Waals surface area contributed by atoms with Crippen molar-refractivity contribution in [2.45, 2.75) is 20.3 Å². The smallest absolute Gasteiger partial charge is 0.269 e. The van der Waals surface area contributed by atoms with E-state index in [1.165, 1.54) is 0 Å². The van der Waals surface area contributed by atoms with Crippen molar-refractivity contribution in [3.05, 3.63) is 42.5 Å². The number of aliphatic hydroxyl groups is 1. The number of pyridine rings is 1. The standard InChI is InChI=1S/C15H20N4O2/c1-15(2,5-9-20)11-17-14(21)13-10-12(4-7-16-13)19-8-3-6-18-19/h3-4,6-8,10,20H,5,9,11H2,1-2H3,(H,17,21). The summed E-state index contributed by atoms with van der Waals surface area (Å²) >= 11 is 0. The van der Waals surface area contributed by atoms with Gasteiger partial charge in [-0.15, -0.1) is 0 Å². The van der Waals surface area contributed by atoms with E-state index in [0.29, 0.717) is 18.7 Å². The number of aliphatic hydroxyl groups excluding tert-OH is 1. The van der Waals surface area contributed by atoms with Crippen LogP contribution in [-0.2, 0) is 0 Å². The summed E-state index contributed by atoms with van der Waals surface area (Å²) in [6, 6.07) is 5.30. The molecule has 2 heterocycles. The second-order valence-electron chi connectivity index (χ2n) is 5.67. The average molecular weight is 288 g/mol. The van der Waals surface area contributed by atoms with Crippen molar-refractivity contribution in [2.75, 3.05) is 13.2 Å². The molecule has 112 valence electrons. The number of rotatable bonds is 6. The Kier molecular flexibility index (Phi) is 4.70. The van der Waals surface area contributed by atoms with Crippen LogP contribution in [0.3, 0.4) is 0 Å². The van der Waals surface area contributed by atoms with Gasteiger partial charge in [-0.05, 0) is 30.0 Å². The lowest BCUT2D eigenvalue weighted by Gasteiger charge is -2.23. The molecule has 0 bridgehead atoms. The molecule has 0 spiro atoms. The molecule has 2 aromatic heterocycles. The van der Waals surface area contributed by atoms with E-state index in [-0.39, 0.29) is 17.9 Å². The van der Waals surface area contributed by atoms with Gasteiger partial charge < -0.3 is 10.4 Å². The number of hydrogen-bond acceptors (Lipinski definition) is 4. The van der Waals surface area contributed by atoms with E-state index >= 15 is 0 Å². The van der Waals surface area contributed by atoms with Crippen LogP contribution in [0.2, 0.25) is 0 Å². The molecule has 21 heavy (non-hydrogen) atoms. The lowest BCUT2D eigenvalue weighted by atomic mass is 9.90. The Hall–Kier alpha value is -2.21. The van der Waals surface area contributed by atoms with Gasteiger partial charge >= 0.3 is 0 Å². The fourth-order valence-electron chi connectivity index (χ4n) is 1.91. The van der Waals surface area contributed by atoms with Crippen molar-refractivity contribution in [3.8, 4) is 5.69 Å². The van der Waals surface area contributed by atoms with E-state index in [1.54, 1.807) is 35.4 Å². The van der Waals surface area contributed by atoms with Gasteiger partial charge in [0.2, 0.25) is 0 Å². The Morgan fingerprint density at radius 3 is 2.90 bits per heavy atom. The van der Waals surface area contributed by atoms with Gasteiger partial charge in [0.1, 0.15) is 5.69 Å². The molecule has 1 amide bonds. The first-order valence-corrected chi connectivity index (χ1v) is 6.87. The predicted molar refractivity (Wildman–Crippen MR) is 79.2 cm³/mol. The van der Waals surface area contributed by atoms with Crippen molar-refractivity contribution in [1.29, 1.82) is 0 Å². The van der Waals surface area contributed by atoms with Crippen LogP contribution >= 0.6 is 0 Å². The molecule has 0 atom stereocenters. The summed E-state index contributed by atoms with van der Waals surface area (Å²) < 4.78 is 1.67. The number of carbonyl (C=O) groups excluding carboxylic acids is 1. The normalized spacial score (nSPS) is 11.4. The first kappa shape index (κ1) is 15.2. The Balaban J connectivity index is 2.05. The third-order valence-corrected chi connectivity index (χ3v) is 3.26. The van der Waals surface area contributed by atoms with Gasteiger partial charge in [0, 0.05) is 31.7 Å². The maximum atomic E-state index is 12.2. The fraction of sp³-hybridized carbons (Fsp3) is 0.400. The summed E-state index contributed by atoms with van der Waals surface area (Å²) in [5, 5.41) is 16.0. The monoisotopic (exact) mass is 288 g/mol. The zero-order valence-electron chi connectivity index (χ0n) is 12.3. The van der Waals surface area contributed by atoms with Crippen LogP contribution in [0.15, 0.2) is 36.8 Å². The molecule has 0 unspecified atom stereocenters. The highest BCUT2D eigenvalue weighted by Gasteiger charge is 2.19. The molecule has 0 aliphatic rings. The van der Waals surface area contributed by atoms with E-state index < -0.39 is 0 Å². The van der Waals surface area contributed by atoms with Crippen LogP contribution in [0.25, 0.3) is 5.69 Å². The van der Waals surface area contributed by atoms with E-state index in [0.717, 1.165) is 5.69 Å². The summed E-state index contributed by atoms with van der Waals surface area (Å²) in [6.45, 7) is 4.59. The number of amides is 1. The van der Waals surface area contributed by atoms with Gasteiger partial charge in [-0.3, -0.25) is 9.78 Å². The lowest BCUT2D eigenvalue weighted by Crippen LogP contribution is -2.35. The molecule has 0 aromatic carbocycles. The summed E-state index contributed by atoms with van der Waals surface area (Å²) in [5.74, 6) is -0.227. The highest BCUT2D eigenvalue weighted by atomic mass is 16.3. The molecule has 6 heteroatoms. The van der Waals surface area contributed by atoms with Crippen LogP contribution in [0.5, 0.6) is 0 Å². The van der Waals surface area contributed by atoms with Crippen molar-refractivity contribution >= 4 is 5.91 Å². The number of hydrogen-bond donors (Lipinski definition) is 2. The van der Waals surface area contributed by atoms with E-state index in [2.05, 4.69) is 15.4 Å². The molecule has 2 aromatic rings. The van der Waals surface area contributed by atoms with Crippen molar-refractivity contribution in [3.63, 3.8) is 0 Å². The van der Waals surface area contributed by atoms with Crippen LogP contribution < -0.4 is 5.32 Å². The second kappa shape index (κ2) is 6.49. The summed E-state index contributed by atoms with van der Waals surface area (Å²) in [7, 11) is 0. The van der Waals surface area contributed by atoms with Gasteiger partial charge in [-0.1, -0.05) is 13.8 Å². The van der Waals surface area contributed by atoms with Crippen molar-refractivity contribution in [1.82, 2.24) is 20.1 Å². The van der Waals surface area contributed by atoms with Crippen LogP contribution in [0.1, 0.15) is 30.8 Å². The minimum Gasteiger partial charge on any atom is -0.396 e. The summed E-state index contributed by atoms with van der Waals surface area (Å²) in [4.78, 5) is 16.2. The SMILES string of the molecule is CC(C)(CCO)CNC(=O)c1cc(-n2cccn2)ccn1. The average Bonchev–Trinajstić information content (AvgIpc) is 2.99. The number of nitrogens with zero attached hydrogens (tertiary/aromatic N) is 3. The number of nitrogens with one attached hydrogen (secondary N) is 1. The Morgan fingerprint density at radius 2 is 2.24 bits per heavy atom. The quantitative estimate of drug-likeness (QED) is 0.842. The van der Waals surface area contributed by atoms with Crippen LogP contribution in [0.4, 0.5) is 0 Å². The Bertz CT molecular complexity index is 593. The lowest BCUT2D eigenvalue weighted by molar-refractivity contribution is 0.0923. The zero-order valence-corrected chi connectivity index (χ0v) is 12.3. The van der Waals surface area contributed by atoms with Gasteiger partial charge in [0.05, 0.1) is 5.69 Å². The van der Waals surface area contributed by atoms with Gasteiger partial charge in [0.25, 0.3) is 5.91 Å². The molecule has 0 fully saturated rings. The highest BCUT2D eigenvalue weighted by molar-refractivity contribution is 5.92. The van der Waals surface area contributed by atoms with Gasteiger partial charge in [0.15, 0.2) is 0 Å². The predicted octanol–water partition coefficient (Wildman–Crippen LogP) is 1.41. The van der Waals surface area contributed by atoms with Crippen LogP contribution in [-0.4, -0.2) is 38.9 Å². The summed E-state index contributed by atoms with van der Waals surface area (Å²) in [6.07, 6.45) is 5.71. The molecule has 2 rings (SSSR count). The van der Waals surface area contributed by atoms with Crippen molar-refractivity contribution in [2.24, 2.45) is 5.41 Å². The molecule has 6 nitrogen and oxygen atoms in total. The van der Waals surface area contributed by atoms with E-state index in [4.69, 9.17) is 5.11 Å². The largest absolute Gasteiger partial charge is 0.396 e. The van der Waals surface area contributed by atoms with Gasteiger partial charge in [-0.25, -0.2) is 4.68 Å². The molecule has 0 radical (unpaired) electrons. The fourth-order valence-corrected chi connectivity index (χ4v) is 1.91. The highest BCUT2D eigenvalue weighted by Crippen LogP contribution is 2.18. The van der Waals surface area contributed by atoms with Gasteiger partial charge in [-0.2, -0.15) is 5.10 Å². The number of carbonyl (C=O) groups is 1. The number of aromatic nitrogens is 3. The maximum Gasteiger partial charge on any atom is 0.269 e. The Morgan fingerprint density at radius 1 is 1.43 bits per heavy atom. The topological polar surface area (TPSA) is 80.0 Å². The summed E-state index contributed by atoms with van der Waals surface area (Å²) in [5.41, 5.74) is 0.988. The van der Waals surface area contributed by atoms with E-state index in [9.17, 15) is 4.79 Å².